The summed E-state index contributed by atoms with van der Waals surface area (Å²) in [6.45, 7) is 4.18. The summed E-state index contributed by atoms with van der Waals surface area (Å²) in [4.78, 5) is 28.9. The first kappa shape index (κ1) is 32.0. The number of unbranched alkanes of at least 4 members (excludes halogenated alkanes) is 1. The third-order valence-corrected chi connectivity index (χ3v) is 6.29. The molecule has 0 radical (unpaired) electrons. The van der Waals surface area contributed by atoms with Gasteiger partial charge in [-0.3, -0.25) is 0 Å². The molecule has 0 aliphatic rings. The highest BCUT2D eigenvalue weighted by Gasteiger charge is 2.30. The van der Waals surface area contributed by atoms with E-state index in [4.69, 9.17) is 18.6 Å². The van der Waals surface area contributed by atoms with E-state index in [2.05, 4.69) is 15.3 Å². The fourth-order valence-electron chi connectivity index (χ4n) is 4.12. The number of ether oxygens (including phenoxy) is 3. The summed E-state index contributed by atoms with van der Waals surface area (Å²) < 4.78 is 60.7. The molecule has 10 nitrogen and oxygen atoms in total. The van der Waals surface area contributed by atoms with Gasteiger partial charge in [0.25, 0.3) is 0 Å². The molecule has 0 fully saturated rings. The molecule has 0 spiro atoms. The predicted octanol–water partition coefficient (Wildman–Crippen LogP) is 6.41. The van der Waals surface area contributed by atoms with E-state index in [9.17, 15) is 22.8 Å². The van der Waals surface area contributed by atoms with Gasteiger partial charge in [0.1, 0.15) is 24.3 Å². The molecule has 232 valence electrons. The molecule has 0 saturated carbocycles. The summed E-state index contributed by atoms with van der Waals surface area (Å²) in [5.74, 6) is -0.447. The Morgan fingerprint density at radius 2 is 1.64 bits per heavy atom. The number of halogens is 3. The van der Waals surface area contributed by atoms with Crippen molar-refractivity contribution in [3.05, 3.63) is 94.5 Å². The van der Waals surface area contributed by atoms with E-state index >= 15 is 0 Å². The Morgan fingerprint density at radius 1 is 0.932 bits per heavy atom. The van der Waals surface area contributed by atoms with Gasteiger partial charge < -0.3 is 18.6 Å². The van der Waals surface area contributed by atoms with Gasteiger partial charge in [-0.25, -0.2) is 19.3 Å². The van der Waals surface area contributed by atoms with Crippen LogP contribution in [0.5, 0.6) is 5.75 Å². The molecule has 44 heavy (non-hydrogen) atoms. The lowest BCUT2D eigenvalue weighted by molar-refractivity contribution is -0.137. The summed E-state index contributed by atoms with van der Waals surface area (Å²) in [7, 11) is 0. The van der Waals surface area contributed by atoms with Crippen LogP contribution in [0, 0.1) is 0 Å². The number of esters is 2. The van der Waals surface area contributed by atoms with Crippen molar-refractivity contribution in [2.24, 2.45) is 0 Å². The molecule has 0 saturated heterocycles. The minimum Gasteiger partial charge on any atom is -0.487 e. The van der Waals surface area contributed by atoms with Gasteiger partial charge in [-0.05, 0) is 74.6 Å². The van der Waals surface area contributed by atoms with Crippen LogP contribution in [0.15, 0.2) is 59.2 Å². The van der Waals surface area contributed by atoms with Crippen LogP contribution < -0.4 is 4.74 Å². The monoisotopic (exact) mass is 612 g/mol. The Bertz CT molecular complexity index is 1560. The van der Waals surface area contributed by atoms with Crippen LogP contribution in [0.4, 0.5) is 13.2 Å². The number of hydrogen-bond acceptors (Lipinski definition) is 9. The van der Waals surface area contributed by atoms with Gasteiger partial charge in [0.05, 0.1) is 18.8 Å². The number of alkyl halides is 3. The second kappa shape index (κ2) is 15.0. The minimum absolute atomic E-state index is 0.0128. The summed E-state index contributed by atoms with van der Waals surface area (Å²) in [5.41, 5.74) is 1.35. The first-order chi connectivity index (χ1) is 21.2. The molecule has 0 amide bonds. The van der Waals surface area contributed by atoms with E-state index in [1.807, 2.05) is 24.3 Å². The van der Waals surface area contributed by atoms with Crippen LogP contribution >= 0.6 is 0 Å². The van der Waals surface area contributed by atoms with Crippen molar-refractivity contribution in [2.75, 3.05) is 13.2 Å². The van der Waals surface area contributed by atoms with Crippen molar-refractivity contribution in [3.8, 4) is 5.75 Å². The molecule has 0 bridgehead atoms. The Morgan fingerprint density at radius 3 is 2.32 bits per heavy atom. The maximum absolute atomic E-state index is 12.7. The molecule has 0 unspecified atom stereocenters. The lowest BCUT2D eigenvalue weighted by atomic mass is 10.1. The number of rotatable bonds is 14. The Kier molecular flexibility index (Phi) is 10.9. The van der Waals surface area contributed by atoms with Crippen LogP contribution in [0.1, 0.15) is 75.9 Å². The van der Waals surface area contributed by atoms with E-state index in [0.717, 1.165) is 30.5 Å². The Hall–Kier alpha value is -4.94. The second-order valence-electron chi connectivity index (χ2n) is 9.47. The highest BCUT2D eigenvalue weighted by atomic mass is 19.4. The molecule has 2 aromatic heterocycles. The number of aryl methyl sites for hydroxylation is 2. The fourth-order valence-corrected chi connectivity index (χ4v) is 4.12. The van der Waals surface area contributed by atoms with Crippen molar-refractivity contribution in [3.63, 3.8) is 0 Å². The Balaban J connectivity index is 1.23. The van der Waals surface area contributed by atoms with Crippen LogP contribution in [0.25, 0.3) is 12.2 Å². The van der Waals surface area contributed by atoms with E-state index in [-0.39, 0.29) is 31.2 Å². The molecule has 4 rings (SSSR count). The van der Waals surface area contributed by atoms with E-state index < -0.39 is 23.7 Å². The van der Waals surface area contributed by atoms with Crippen LogP contribution in [-0.4, -0.2) is 45.1 Å². The number of benzene rings is 2. The van der Waals surface area contributed by atoms with Crippen molar-refractivity contribution >= 4 is 24.1 Å². The maximum Gasteiger partial charge on any atom is 0.416 e. The largest absolute Gasteiger partial charge is 0.487 e. The topological polar surface area (TPSA) is 119 Å². The SMILES string of the molecule is CCOC(=O)c1nnn(CCCCc2ccc(OCc3coc(/C=C/c4ccc(C(F)(F)F)cc4)n3)cc2)c1C(=O)OCC. The molecule has 2 aromatic carbocycles. The van der Waals surface area contributed by atoms with Gasteiger partial charge in [-0.1, -0.05) is 29.5 Å². The van der Waals surface area contributed by atoms with Crippen molar-refractivity contribution in [2.45, 2.75) is 52.4 Å². The van der Waals surface area contributed by atoms with Gasteiger partial charge in [-0.2, -0.15) is 13.2 Å². The van der Waals surface area contributed by atoms with Gasteiger partial charge >= 0.3 is 18.1 Å². The smallest absolute Gasteiger partial charge is 0.416 e. The normalized spacial score (nSPS) is 11.6. The number of hydrogen-bond donors (Lipinski definition) is 0. The Labute approximate surface area is 251 Å². The molecule has 4 aromatic rings. The minimum atomic E-state index is -4.38. The lowest BCUT2D eigenvalue weighted by Gasteiger charge is -2.08. The average molecular weight is 613 g/mol. The highest BCUT2D eigenvalue weighted by molar-refractivity contribution is 6.00. The van der Waals surface area contributed by atoms with Gasteiger partial charge in [0.15, 0.2) is 5.69 Å². The van der Waals surface area contributed by atoms with Crippen molar-refractivity contribution in [1.29, 1.82) is 0 Å². The average Bonchev–Trinajstić information content (AvgIpc) is 3.65. The summed E-state index contributed by atoms with van der Waals surface area (Å²) in [5, 5.41) is 7.79. The number of oxazole rings is 1. The van der Waals surface area contributed by atoms with Crippen LogP contribution in [0.2, 0.25) is 0 Å². The van der Waals surface area contributed by atoms with Gasteiger partial charge in [0.2, 0.25) is 11.6 Å². The quantitative estimate of drug-likeness (QED) is 0.118. The third-order valence-electron chi connectivity index (χ3n) is 6.29. The first-order valence-corrected chi connectivity index (χ1v) is 14.0. The zero-order valence-electron chi connectivity index (χ0n) is 24.2. The highest BCUT2D eigenvalue weighted by Crippen LogP contribution is 2.29. The number of aromatic nitrogens is 4. The molecule has 0 aliphatic heterocycles. The second-order valence-corrected chi connectivity index (χ2v) is 9.47. The number of carbonyl (C=O) groups excluding carboxylic acids is 2. The van der Waals surface area contributed by atoms with Crippen molar-refractivity contribution < 1.29 is 41.4 Å². The number of carbonyl (C=O) groups is 2. The molecular weight excluding hydrogens is 581 g/mol. The zero-order chi connectivity index (χ0) is 31.5. The molecule has 13 heteroatoms. The molecule has 0 aliphatic carbocycles. The van der Waals surface area contributed by atoms with E-state index in [0.29, 0.717) is 35.9 Å². The molecule has 0 atom stereocenters. The lowest BCUT2D eigenvalue weighted by Crippen LogP contribution is -2.18. The van der Waals surface area contributed by atoms with Crippen LogP contribution in [0.3, 0.4) is 0 Å². The zero-order valence-corrected chi connectivity index (χ0v) is 24.2. The fraction of sp³-hybridized carbons (Fsp3) is 0.323. The van der Waals surface area contributed by atoms with Gasteiger partial charge in [-0.15, -0.1) is 5.10 Å². The summed E-state index contributed by atoms with van der Waals surface area (Å²) in [6, 6.07) is 12.4. The molecular formula is C31H31F3N4O6. The van der Waals surface area contributed by atoms with E-state index in [1.54, 1.807) is 26.0 Å². The predicted molar refractivity (Wildman–Crippen MR) is 153 cm³/mol. The van der Waals surface area contributed by atoms with E-state index in [1.165, 1.54) is 23.1 Å². The molecule has 0 N–H and O–H groups in total. The van der Waals surface area contributed by atoms with Crippen LogP contribution in [-0.2, 0) is 35.2 Å². The molecule has 2 heterocycles. The summed E-state index contributed by atoms with van der Waals surface area (Å²) in [6.07, 6.45) is 2.50. The summed E-state index contributed by atoms with van der Waals surface area (Å²) >= 11 is 0. The third kappa shape index (κ3) is 8.79. The first-order valence-electron chi connectivity index (χ1n) is 14.0. The van der Waals surface area contributed by atoms with Crippen molar-refractivity contribution in [1.82, 2.24) is 20.0 Å². The van der Waals surface area contributed by atoms with Gasteiger partial charge in [0, 0.05) is 12.6 Å². The standard InChI is InChI=1S/C31H31F3N4O6/c1-3-41-29(39)27-28(30(40)42-4-2)38(37-36-27)18-6-5-7-21-10-15-25(16-11-21)43-19-24-20-44-26(35-24)17-12-22-8-13-23(14-9-22)31(32,33)34/h8-17,20H,3-7,18-19H2,1-2H3/b17-12+. The maximum atomic E-state index is 12.7. The number of nitrogens with zero attached hydrogens (tertiary/aromatic N) is 4.